The van der Waals surface area contributed by atoms with Gasteiger partial charge in [-0.15, -0.1) is 0 Å². The third-order valence-electron chi connectivity index (χ3n) is 4.21. The van der Waals surface area contributed by atoms with Crippen LogP contribution >= 0.6 is 0 Å². The van der Waals surface area contributed by atoms with Gasteiger partial charge in [0.25, 0.3) is 0 Å². The molecule has 2 nitrogen and oxygen atoms in total. The minimum atomic E-state index is 0.467. The quantitative estimate of drug-likeness (QED) is 0.850. The monoisotopic (exact) mass is 269 g/mol. The fourth-order valence-corrected chi connectivity index (χ4v) is 2.71. The molecule has 1 aliphatic carbocycles. The van der Waals surface area contributed by atoms with Crippen LogP contribution in [-0.4, -0.2) is 6.04 Å². The van der Waals surface area contributed by atoms with E-state index >= 15 is 0 Å². The zero-order valence-electron chi connectivity index (χ0n) is 12.4. The highest BCUT2D eigenvalue weighted by atomic mass is 16.3. The van der Waals surface area contributed by atoms with E-state index in [1.807, 2.05) is 0 Å². The normalized spacial score (nSPS) is 15.6. The van der Waals surface area contributed by atoms with Crippen molar-refractivity contribution in [1.82, 2.24) is 5.32 Å². The second-order valence-corrected chi connectivity index (χ2v) is 6.04. The number of furan rings is 1. The molecule has 0 bridgehead atoms. The number of nitrogens with one attached hydrogen (secondary N) is 1. The molecule has 106 valence electrons. The predicted octanol–water partition coefficient (Wildman–Crippen LogP) is 4.71. The molecule has 3 rings (SSSR count). The van der Waals surface area contributed by atoms with E-state index in [0.717, 1.165) is 18.2 Å². The molecular weight excluding hydrogens is 246 g/mol. The summed E-state index contributed by atoms with van der Waals surface area (Å²) in [6.45, 7) is 5.08. The molecule has 20 heavy (non-hydrogen) atoms. The van der Waals surface area contributed by atoms with E-state index in [9.17, 15) is 0 Å². The highest BCUT2D eigenvalue weighted by Crippen LogP contribution is 2.37. The fourth-order valence-electron chi connectivity index (χ4n) is 2.71. The lowest BCUT2D eigenvalue weighted by molar-refractivity contribution is 0.420. The van der Waals surface area contributed by atoms with Crippen LogP contribution in [-0.2, 0) is 6.54 Å². The molecule has 0 aliphatic heterocycles. The summed E-state index contributed by atoms with van der Waals surface area (Å²) in [7, 11) is 0. The summed E-state index contributed by atoms with van der Waals surface area (Å²) in [5, 5.41) is 3.41. The number of benzene rings is 1. The Labute approximate surface area is 121 Å². The first-order chi connectivity index (χ1) is 9.74. The summed E-state index contributed by atoms with van der Waals surface area (Å²) in [5.41, 5.74) is 3.95. The molecule has 1 aromatic carbocycles. The lowest BCUT2D eigenvalue weighted by Gasteiger charge is -2.25. The molecule has 1 heterocycles. The first-order valence-corrected chi connectivity index (χ1v) is 7.64. The number of rotatable bonds is 5. The summed E-state index contributed by atoms with van der Waals surface area (Å²) >= 11 is 0. The summed E-state index contributed by atoms with van der Waals surface area (Å²) in [5.74, 6) is 1.82. The molecule has 2 heteroatoms. The van der Waals surface area contributed by atoms with Gasteiger partial charge < -0.3 is 9.73 Å². The van der Waals surface area contributed by atoms with Crippen LogP contribution in [0, 0.1) is 0 Å². The maximum absolute atomic E-state index is 5.62. The van der Waals surface area contributed by atoms with Crippen molar-refractivity contribution >= 4 is 0 Å². The van der Waals surface area contributed by atoms with Crippen LogP contribution in [0.5, 0.6) is 0 Å². The molecule has 0 unspecified atom stereocenters. The van der Waals surface area contributed by atoms with Crippen molar-refractivity contribution in [3.63, 3.8) is 0 Å². The largest absolute Gasteiger partial charge is 0.467 e. The van der Waals surface area contributed by atoms with Crippen molar-refractivity contribution in [1.29, 1.82) is 0 Å². The van der Waals surface area contributed by atoms with E-state index in [2.05, 4.69) is 49.5 Å². The van der Waals surface area contributed by atoms with Crippen molar-refractivity contribution < 1.29 is 4.42 Å². The van der Waals surface area contributed by atoms with E-state index in [1.165, 1.54) is 36.0 Å². The van der Waals surface area contributed by atoms with Crippen molar-refractivity contribution in [2.45, 2.75) is 51.6 Å². The summed E-state index contributed by atoms with van der Waals surface area (Å²) in [4.78, 5) is 0. The molecular formula is C18H23NO. The Bertz CT molecular complexity index is 549. The Balaban J connectivity index is 1.76. The van der Waals surface area contributed by atoms with Crippen LogP contribution in [0.1, 0.15) is 50.4 Å². The lowest BCUT2D eigenvalue weighted by Crippen LogP contribution is -2.21. The summed E-state index contributed by atoms with van der Waals surface area (Å²) in [6.07, 6.45) is 5.88. The smallest absolute Gasteiger partial charge is 0.125 e. The second-order valence-electron chi connectivity index (χ2n) is 6.04. The highest BCUT2D eigenvalue weighted by Gasteiger charge is 2.19. The second kappa shape index (κ2) is 5.84. The van der Waals surface area contributed by atoms with Gasteiger partial charge in [0.15, 0.2) is 0 Å². The van der Waals surface area contributed by atoms with Gasteiger partial charge in [0, 0.05) is 11.6 Å². The van der Waals surface area contributed by atoms with Crippen LogP contribution in [0.3, 0.4) is 0 Å². The van der Waals surface area contributed by atoms with Gasteiger partial charge in [-0.25, -0.2) is 0 Å². The average Bonchev–Trinajstić information content (AvgIpc) is 2.83. The molecule has 1 saturated carbocycles. The van der Waals surface area contributed by atoms with Crippen molar-refractivity contribution in [3.05, 3.63) is 47.9 Å². The topological polar surface area (TPSA) is 25.2 Å². The summed E-state index contributed by atoms with van der Waals surface area (Å²) in [6, 6.07) is 11.6. The molecule has 1 aliphatic rings. The Morgan fingerprint density at radius 3 is 2.50 bits per heavy atom. The molecule has 1 fully saturated rings. The zero-order chi connectivity index (χ0) is 13.9. The third-order valence-corrected chi connectivity index (χ3v) is 4.21. The van der Waals surface area contributed by atoms with Crippen LogP contribution in [0.15, 0.2) is 41.0 Å². The Hall–Kier alpha value is -1.54. The number of hydrogen-bond acceptors (Lipinski definition) is 2. The van der Waals surface area contributed by atoms with Crippen molar-refractivity contribution in [2.75, 3.05) is 0 Å². The van der Waals surface area contributed by atoms with E-state index in [1.54, 1.807) is 6.26 Å². The first kappa shape index (κ1) is 13.4. The van der Waals surface area contributed by atoms with Gasteiger partial charge >= 0.3 is 0 Å². The van der Waals surface area contributed by atoms with Crippen molar-refractivity contribution in [3.8, 4) is 11.1 Å². The lowest BCUT2D eigenvalue weighted by atomic mass is 9.80. The average molecular weight is 269 g/mol. The maximum Gasteiger partial charge on any atom is 0.125 e. The molecule has 0 saturated heterocycles. The molecule has 0 radical (unpaired) electrons. The molecule has 1 N–H and O–H groups in total. The van der Waals surface area contributed by atoms with Crippen LogP contribution < -0.4 is 5.32 Å². The van der Waals surface area contributed by atoms with Gasteiger partial charge in [0.05, 0.1) is 12.8 Å². The van der Waals surface area contributed by atoms with Gasteiger partial charge in [-0.2, -0.15) is 0 Å². The highest BCUT2D eigenvalue weighted by molar-refractivity contribution is 5.65. The van der Waals surface area contributed by atoms with Crippen LogP contribution in [0.25, 0.3) is 11.1 Å². The first-order valence-electron chi connectivity index (χ1n) is 7.64. The van der Waals surface area contributed by atoms with Gasteiger partial charge in [-0.1, -0.05) is 44.5 Å². The van der Waals surface area contributed by atoms with E-state index in [4.69, 9.17) is 4.42 Å². The summed E-state index contributed by atoms with van der Waals surface area (Å²) < 4.78 is 5.62. The minimum Gasteiger partial charge on any atom is -0.467 e. The molecule has 0 spiro atoms. The van der Waals surface area contributed by atoms with Gasteiger partial charge in [0.2, 0.25) is 0 Å². The molecule has 1 aromatic heterocycles. The van der Waals surface area contributed by atoms with Gasteiger partial charge in [-0.05, 0) is 36.0 Å². The minimum absolute atomic E-state index is 0.467. The Morgan fingerprint density at radius 1 is 1.15 bits per heavy atom. The van der Waals surface area contributed by atoms with E-state index in [-0.39, 0.29) is 0 Å². The van der Waals surface area contributed by atoms with Gasteiger partial charge in [0.1, 0.15) is 5.76 Å². The Morgan fingerprint density at radius 2 is 1.90 bits per heavy atom. The Kier molecular flexibility index (Phi) is 3.93. The van der Waals surface area contributed by atoms with E-state index in [0.29, 0.717) is 6.04 Å². The maximum atomic E-state index is 5.62. The number of hydrogen-bond donors (Lipinski definition) is 1. The van der Waals surface area contributed by atoms with Crippen LogP contribution in [0.2, 0.25) is 0 Å². The molecule has 0 atom stereocenters. The molecule has 2 aromatic rings. The zero-order valence-corrected chi connectivity index (χ0v) is 12.4. The standard InChI is InChI=1S/C18H23NO/c1-13(2)19-12-18-17(10-11-20-18)16-8-6-15(7-9-16)14-4-3-5-14/h6-11,13-14,19H,3-5,12H2,1-2H3. The van der Waals surface area contributed by atoms with Gasteiger partial charge in [-0.3, -0.25) is 0 Å². The van der Waals surface area contributed by atoms with Crippen molar-refractivity contribution in [2.24, 2.45) is 0 Å². The van der Waals surface area contributed by atoms with E-state index < -0.39 is 0 Å². The third kappa shape index (κ3) is 2.80. The fraction of sp³-hybridized carbons (Fsp3) is 0.444. The molecule has 0 amide bonds. The van der Waals surface area contributed by atoms with Crippen LogP contribution in [0.4, 0.5) is 0 Å². The predicted molar refractivity (Wildman–Crippen MR) is 82.7 cm³/mol. The SMILES string of the molecule is CC(C)NCc1occc1-c1ccc(C2CCC2)cc1.